The molecule has 29 heavy (non-hydrogen) atoms. The number of nitrogens with one attached hydrogen (secondary N) is 1. The fraction of sp³-hybridized carbons (Fsp3) is 0.0455. The van der Waals surface area contributed by atoms with Crippen LogP contribution in [0, 0.1) is 10.1 Å². The maximum absolute atomic E-state index is 12.0. The quantitative estimate of drug-likeness (QED) is 0.319. The molecular formula is C22H17ClN2O4. The first-order valence-electron chi connectivity index (χ1n) is 8.70. The minimum absolute atomic E-state index is 0.0824. The Morgan fingerprint density at radius 3 is 2.48 bits per heavy atom. The fourth-order valence-corrected chi connectivity index (χ4v) is 2.60. The molecule has 1 N–H and O–H groups in total. The number of nitro groups is 1. The van der Waals surface area contributed by atoms with Crippen LogP contribution in [0.5, 0.6) is 5.75 Å². The van der Waals surface area contributed by atoms with Gasteiger partial charge in [-0.2, -0.15) is 0 Å². The van der Waals surface area contributed by atoms with E-state index in [1.807, 2.05) is 48.5 Å². The molecule has 0 radical (unpaired) electrons. The van der Waals surface area contributed by atoms with Gasteiger partial charge in [-0.1, -0.05) is 41.9 Å². The summed E-state index contributed by atoms with van der Waals surface area (Å²) in [5.41, 5.74) is 2.11. The van der Waals surface area contributed by atoms with E-state index in [4.69, 9.17) is 16.3 Å². The standard InChI is InChI=1S/C22H17ClN2O4/c23-18-9-4-17(5-10-18)15-29-21-11-6-16(7-12-21)8-13-22(26)24-19-2-1-3-20(14-19)25(27)28/h1-14H,15H2,(H,24,26)/b13-8+. The minimum Gasteiger partial charge on any atom is -0.489 e. The summed E-state index contributed by atoms with van der Waals surface area (Å²) in [4.78, 5) is 22.3. The lowest BCUT2D eigenvalue weighted by Crippen LogP contribution is -2.07. The smallest absolute Gasteiger partial charge is 0.271 e. The second kappa shape index (κ2) is 9.52. The second-order valence-corrected chi connectivity index (χ2v) is 6.55. The van der Waals surface area contributed by atoms with Crippen LogP contribution in [0.25, 0.3) is 6.08 Å². The summed E-state index contributed by atoms with van der Waals surface area (Å²) in [6.45, 7) is 0.429. The zero-order valence-corrected chi connectivity index (χ0v) is 16.0. The Hall–Kier alpha value is -3.64. The summed E-state index contributed by atoms with van der Waals surface area (Å²) in [5, 5.41) is 14.1. The van der Waals surface area contributed by atoms with Gasteiger partial charge in [0.25, 0.3) is 5.69 Å². The normalized spacial score (nSPS) is 10.7. The molecule has 3 rings (SSSR count). The molecular weight excluding hydrogens is 392 g/mol. The van der Waals surface area contributed by atoms with Crippen molar-refractivity contribution < 1.29 is 14.5 Å². The second-order valence-electron chi connectivity index (χ2n) is 6.11. The molecule has 3 aromatic rings. The summed E-state index contributed by atoms with van der Waals surface area (Å²) < 4.78 is 5.72. The van der Waals surface area contributed by atoms with Crippen LogP contribution in [0.2, 0.25) is 5.02 Å². The van der Waals surface area contributed by atoms with Gasteiger partial charge in [0.05, 0.1) is 4.92 Å². The zero-order chi connectivity index (χ0) is 20.6. The van der Waals surface area contributed by atoms with Crippen molar-refractivity contribution in [2.45, 2.75) is 6.61 Å². The highest BCUT2D eigenvalue weighted by atomic mass is 35.5. The Morgan fingerprint density at radius 1 is 1.07 bits per heavy atom. The number of ether oxygens (including phenoxy) is 1. The van der Waals surface area contributed by atoms with E-state index in [1.54, 1.807) is 12.1 Å². The largest absolute Gasteiger partial charge is 0.489 e. The summed E-state index contributed by atoms with van der Waals surface area (Å²) in [6, 6.07) is 20.5. The van der Waals surface area contributed by atoms with Gasteiger partial charge in [0.15, 0.2) is 0 Å². The average Bonchev–Trinajstić information content (AvgIpc) is 2.73. The number of halogens is 1. The maximum Gasteiger partial charge on any atom is 0.271 e. The number of amides is 1. The van der Waals surface area contributed by atoms with Crippen LogP contribution < -0.4 is 10.1 Å². The van der Waals surface area contributed by atoms with Gasteiger partial charge in [-0.05, 0) is 47.5 Å². The van der Waals surface area contributed by atoms with Gasteiger partial charge in [-0.3, -0.25) is 14.9 Å². The van der Waals surface area contributed by atoms with Gasteiger partial charge < -0.3 is 10.1 Å². The first kappa shape index (κ1) is 20.1. The molecule has 146 valence electrons. The lowest BCUT2D eigenvalue weighted by Gasteiger charge is -2.06. The summed E-state index contributed by atoms with van der Waals surface area (Å²) in [6.07, 6.45) is 3.01. The highest BCUT2D eigenvalue weighted by molar-refractivity contribution is 6.30. The third-order valence-corrected chi connectivity index (χ3v) is 4.20. The Bertz CT molecular complexity index is 1030. The molecule has 0 aromatic heterocycles. The molecule has 0 aliphatic heterocycles. The van der Waals surface area contributed by atoms with Crippen molar-refractivity contribution in [1.29, 1.82) is 0 Å². The third kappa shape index (κ3) is 6.19. The van der Waals surface area contributed by atoms with E-state index in [-0.39, 0.29) is 11.6 Å². The van der Waals surface area contributed by atoms with E-state index in [2.05, 4.69) is 5.32 Å². The van der Waals surface area contributed by atoms with E-state index >= 15 is 0 Å². The molecule has 0 saturated carbocycles. The molecule has 0 unspecified atom stereocenters. The topological polar surface area (TPSA) is 81.5 Å². The van der Waals surface area contributed by atoms with E-state index in [0.717, 1.165) is 11.1 Å². The number of rotatable bonds is 7. The molecule has 6 nitrogen and oxygen atoms in total. The number of non-ortho nitro benzene ring substituents is 1. The number of anilines is 1. The van der Waals surface area contributed by atoms with E-state index in [0.29, 0.717) is 23.1 Å². The first-order valence-corrected chi connectivity index (χ1v) is 9.08. The lowest BCUT2D eigenvalue weighted by molar-refractivity contribution is -0.384. The number of benzene rings is 3. The molecule has 7 heteroatoms. The molecule has 0 aliphatic rings. The molecule has 0 heterocycles. The highest BCUT2D eigenvalue weighted by Crippen LogP contribution is 2.18. The van der Waals surface area contributed by atoms with Crippen LogP contribution in [-0.2, 0) is 11.4 Å². The van der Waals surface area contributed by atoms with Crippen molar-refractivity contribution in [2.75, 3.05) is 5.32 Å². The van der Waals surface area contributed by atoms with Crippen LogP contribution in [0.15, 0.2) is 78.9 Å². The Balaban J connectivity index is 1.53. The third-order valence-electron chi connectivity index (χ3n) is 3.95. The monoisotopic (exact) mass is 408 g/mol. The predicted octanol–water partition coefficient (Wildman–Crippen LogP) is 5.48. The van der Waals surface area contributed by atoms with E-state index in [9.17, 15) is 14.9 Å². The lowest BCUT2D eigenvalue weighted by atomic mass is 10.2. The molecule has 0 atom stereocenters. The Labute approximate surface area is 172 Å². The summed E-state index contributed by atoms with van der Waals surface area (Å²) in [5.74, 6) is 0.326. The van der Waals surface area contributed by atoms with Crippen LogP contribution >= 0.6 is 11.6 Å². The van der Waals surface area contributed by atoms with Gasteiger partial charge in [0, 0.05) is 28.9 Å². The molecule has 1 amide bonds. The minimum atomic E-state index is -0.512. The summed E-state index contributed by atoms with van der Waals surface area (Å²) in [7, 11) is 0. The van der Waals surface area contributed by atoms with Crippen molar-refractivity contribution in [1.82, 2.24) is 0 Å². The summed E-state index contributed by atoms with van der Waals surface area (Å²) >= 11 is 5.86. The van der Waals surface area contributed by atoms with Crippen LogP contribution in [0.4, 0.5) is 11.4 Å². The van der Waals surface area contributed by atoms with Crippen LogP contribution in [-0.4, -0.2) is 10.8 Å². The Kier molecular flexibility index (Phi) is 6.60. The number of nitro benzene ring substituents is 1. The predicted molar refractivity (Wildman–Crippen MR) is 113 cm³/mol. The maximum atomic E-state index is 12.0. The van der Waals surface area contributed by atoms with Crippen molar-refractivity contribution in [3.05, 3.63) is 105 Å². The fourth-order valence-electron chi connectivity index (χ4n) is 2.48. The number of nitrogens with zero attached hydrogens (tertiary/aromatic N) is 1. The van der Waals surface area contributed by atoms with Crippen molar-refractivity contribution in [2.24, 2.45) is 0 Å². The SMILES string of the molecule is O=C(/C=C/c1ccc(OCc2ccc(Cl)cc2)cc1)Nc1cccc([N+](=O)[O-])c1. The van der Waals surface area contributed by atoms with Gasteiger partial charge in [-0.15, -0.1) is 0 Å². The molecule has 0 saturated heterocycles. The molecule has 0 fully saturated rings. The average molecular weight is 409 g/mol. The highest BCUT2D eigenvalue weighted by Gasteiger charge is 2.06. The first-order chi connectivity index (χ1) is 14.0. The molecule has 0 spiro atoms. The van der Waals surface area contributed by atoms with Gasteiger partial charge in [-0.25, -0.2) is 0 Å². The van der Waals surface area contributed by atoms with Crippen molar-refractivity contribution >= 4 is 35.0 Å². The van der Waals surface area contributed by atoms with Gasteiger partial charge in [0.2, 0.25) is 5.91 Å². The zero-order valence-electron chi connectivity index (χ0n) is 15.2. The van der Waals surface area contributed by atoms with Crippen LogP contribution in [0.3, 0.4) is 0 Å². The number of carbonyl (C=O) groups is 1. The molecule has 3 aromatic carbocycles. The van der Waals surface area contributed by atoms with Gasteiger partial charge in [0.1, 0.15) is 12.4 Å². The van der Waals surface area contributed by atoms with Crippen molar-refractivity contribution in [3.63, 3.8) is 0 Å². The molecule has 0 aliphatic carbocycles. The van der Waals surface area contributed by atoms with Gasteiger partial charge >= 0.3 is 0 Å². The number of hydrogen-bond acceptors (Lipinski definition) is 4. The van der Waals surface area contributed by atoms with Crippen LogP contribution in [0.1, 0.15) is 11.1 Å². The number of carbonyl (C=O) groups excluding carboxylic acids is 1. The molecule has 0 bridgehead atoms. The Morgan fingerprint density at radius 2 is 1.79 bits per heavy atom. The van der Waals surface area contributed by atoms with E-state index in [1.165, 1.54) is 24.3 Å². The number of hydrogen-bond donors (Lipinski definition) is 1. The van der Waals surface area contributed by atoms with E-state index < -0.39 is 4.92 Å². The van der Waals surface area contributed by atoms with Crippen molar-refractivity contribution in [3.8, 4) is 5.75 Å².